The van der Waals surface area contributed by atoms with Crippen molar-refractivity contribution in [2.45, 2.75) is 45.0 Å². The number of hydrogen-bond acceptors (Lipinski definition) is 3. The number of amides is 1. The Labute approximate surface area is 135 Å². The fourth-order valence-corrected chi connectivity index (χ4v) is 1.88. The summed E-state index contributed by atoms with van der Waals surface area (Å²) in [6, 6.07) is 0.0402. The second kappa shape index (κ2) is 7.06. The molecule has 9 heteroatoms. The van der Waals surface area contributed by atoms with Crippen LogP contribution in [0.4, 0.5) is 22.4 Å². The summed E-state index contributed by atoms with van der Waals surface area (Å²) in [5, 5.41) is 11.1. The van der Waals surface area contributed by atoms with Gasteiger partial charge in [-0.2, -0.15) is 13.2 Å². The number of halogens is 4. The highest BCUT2D eigenvalue weighted by Crippen LogP contribution is 2.33. The van der Waals surface area contributed by atoms with Gasteiger partial charge >= 0.3 is 18.2 Å². The van der Waals surface area contributed by atoms with Crippen molar-refractivity contribution >= 4 is 12.1 Å². The predicted molar refractivity (Wildman–Crippen MR) is 75.9 cm³/mol. The van der Waals surface area contributed by atoms with Crippen molar-refractivity contribution in [3.8, 4) is 0 Å². The van der Waals surface area contributed by atoms with Gasteiger partial charge in [-0.05, 0) is 44.5 Å². The minimum Gasteiger partial charge on any atom is -0.480 e. The Morgan fingerprint density at radius 1 is 1.25 bits per heavy atom. The molecule has 2 N–H and O–H groups in total. The van der Waals surface area contributed by atoms with Gasteiger partial charge < -0.3 is 15.2 Å². The zero-order chi connectivity index (χ0) is 18.7. The van der Waals surface area contributed by atoms with E-state index in [0.717, 1.165) is 0 Å². The van der Waals surface area contributed by atoms with Gasteiger partial charge in [-0.25, -0.2) is 14.0 Å². The van der Waals surface area contributed by atoms with Crippen LogP contribution in [0.1, 0.15) is 31.9 Å². The van der Waals surface area contributed by atoms with Gasteiger partial charge in [0, 0.05) is 6.42 Å². The number of aliphatic carboxylic acids is 1. The van der Waals surface area contributed by atoms with Crippen LogP contribution in [0.2, 0.25) is 0 Å². The first-order chi connectivity index (χ1) is 10.8. The number of benzene rings is 1. The fourth-order valence-electron chi connectivity index (χ4n) is 1.88. The molecule has 0 aliphatic heterocycles. The highest BCUT2D eigenvalue weighted by Gasteiger charge is 2.35. The van der Waals surface area contributed by atoms with E-state index in [2.05, 4.69) is 0 Å². The first-order valence-electron chi connectivity index (χ1n) is 6.87. The van der Waals surface area contributed by atoms with E-state index in [-0.39, 0.29) is 0 Å². The van der Waals surface area contributed by atoms with E-state index in [0.29, 0.717) is 18.2 Å². The Morgan fingerprint density at radius 3 is 2.29 bits per heavy atom. The molecule has 1 amide bonds. The second-order valence-corrected chi connectivity index (χ2v) is 6.04. The standard InChI is InChI=1S/C15H17F4NO4/c1-14(2,3)24-13(23)20-11(12(21)22)7-8-6-9(16)4-5-10(8)15(17,18)19/h4-6,11H,7H2,1-3H3,(H,20,23)(H,21,22). The molecule has 0 saturated carbocycles. The zero-order valence-electron chi connectivity index (χ0n) is 13.2. The van der Waals surface area contributed by atoms with E-state index in [1.807, 2.05) is 5.32 Å². The minimum atomic E-state index is -4.78. The van der Waals surface area contributed by atoms with Gasteiger partial charge in [0.15, 0.2) is 0 Å². The molecular formula is C15H17F4NO4. The molecule has 0 bridgehead atoms. The lowest BCUT2D eigenvalue weighted by Crippen LogP contribution is -2.44. The molecule has 5 nitrogen and oxygen atoms in total. The van der Waals surface area contributed by atoms with Gasteiger partial charge in [-0.15, -0.1) is 0 Å². The number of carbonyl (C=O) groups excluding carboxylic acids is 1. The Balaban J connectivity index is 3.04. The number of ether oxygens (including phenoxy) is 1. The average molecular weight is 351 g/mol. The molecular weight excluding hydrogens is 334 g/mol. The third-order valence-corrected chi connectivity index (χ3v) is 2.79. The Kier molecular flexibility index (Phi) is 5.80. The van der Waals surface area contributed by atoms with Crippen molar-refractivity contribution in [3.05, 3.63) is 35.1 Å². The Morgan fingerprint density at radius 2 is 1.83 bits per heavy atom. The Bertz CT molecular complexity index is 623. The maximum atomic E-state index is 13.2. The van der Waals surface area contributed by atoms with Crippen LogP contribution in [0.15, 0.2) is 18.2 Å². The summed E-state index contributed by atoms with van der Waals surface area (Å²) < 4.78 is 56.9. The SMILES string of the molecule is CC(C)(C)OC(=O)NC(Cc1cc(F)ccc1C(F)(F)F)C(=O)O. The van der Waals surface area contributed by atoms with Crippen molar-refractivity contribution in [2.75, 3.05) is 0 Å². The Hall–Kier alpha value is -2.32. The van der Waals surface area contributed by atoms with Gasteiger partial charge in [0.2, 0.25) is 0 Å². The molecule has 134 valence electrons. The number of carboxylic acids is 1. The molecule has 1 aromatic carbocycles. The average Bonchev–Trinajstić information content (AvgIpc) is 2.33. The molecule has 0 aliphatic rings. The smallest absolute Gasteiger partial charge is 0.416 e. The number of carbonyl (C=O) groups is 2. The summed E-state index contributed by atoms with van der Waals surface area (Å²) in [6.45, 7) is 4.62. The van der Waals surface area contributed by atoms with Crippen LogP contribution in [0, 0.1) is 5.82 Å². The first-order valence-corrected chi connectivity index (χ1v) is 6.87. The van der Waals surface area contributed by atoms with Crippen molar-refractivity contribution in [2.24, 2.45) is 0 Å². The molecule has 0 radical (unpaired) electrons. The summed E-state index contributed by atoms with van der Waals surface area (Å²) in [4.78, 5) is 22.8. The number of alkyl carbamates (subject to hydrolysis) is 1. The molecule has 1 aromatic rings. The summed E-state index contributed by atoms with van der Waals surface area (Å²) >= 11 is 0. The van der Waals surface area contributed by atoms with E-state index in [1.165, 1.54) is 20.8 Å². The quantitative estimate of drug-likeness (QED) is 0.816. The highest BCUT2D eigenvalue weighted by atomic mass is 19.4. The van der Waals surface area contributed by atoms with Gasteiger partial charge in [0.25, 0.3) is 0 Å². The molecule has 0 fully saturated rings. The third-order valence-electron chi connectivity index (χ3n) is 2.79. The lowest BCUT2D eigenvalue weighted by atomic mass is 9.99. The highest BCUT2D eigenvalue weighted by molar-refractivity contribution is 5.80. The van der Waals surface area contributed by atoms with Gasteiger partial charge in [0.1, 0.15) is 17.5 Å². The summed E-state index contributed by atoms with van der Waals surface area (Å²) in [5.74, 6) is -2.52. The monoisotopic (exact) mass is 351 g/mol. The molecule has 0 saturated heterocycles. The maximum absolute atomic E-state index is 13.2. The van der Waals surface area contributed by atoms with E-state index >= 15 is 0 Å². The van der Waals surface area contributed by atoms with Crippen molar-refractivity contribution in [3.63, 3.8) is 0 Å². The van der Waals surface area contributed by atoms with Gasteiger partial charge in [-0.3, -0.25) is 0 Å². The molecule has 0 heterocycles. The van der Waals surface area contributed by atoms with Crippen LogP contribution < -0.4 is 5.32 Å². The number of carboxylic acid groups (broad SMARTS) is 1. The molecule has 0 aromatic heterocycles. The van der Waals surface area contributed by atoms with Crippen LogP contribution >= 0.6 is 0 Å². The van der Waals surface area contributed by atoms with Crippen LogP contribution in [-0.4, -0.2) is 28.8 Å². The molecule has 24 heavy (non-hydrogen) atoms. The van der Waals surface area contributed by atoms with Gasteiger partial charge in [-0.1, -0.05) is 0 Å². The molecule has 1 atom stereocenters. The number of alkyl halides is 3. The zero-order valence-corrected chi connectivity index (χ0v) is 13.2. The van der Waals surface area contributed by atoms with E-state index in [9.17, 15) is 27.2 Å². The number of hydrogen-bond donors (Lipinski definition) is 2. The van der Waals surface area contributed by atoms with E-state index in [4.69, 9.17) is 9.84 Å². The lowest BCUT2D eigenvalue weighted by Gasteiger charge is -2.22. The topological polar surface area (TPSA) is 75.6 Å². The van der Waals surface area contributed by atoms with Crippen molar-refractivity contribution < 1.29 is 37.0 Å². The van der Waals surface area contributed by atoms with E-state index in [1.54, 1.807) is 0 Å². The lowest BCUT2D eigenvalue weighted by molar-refractivity contribution is -0.141. The normalized spacial score (nSPS) is 13.3. The van der Waals surface area contributed by atoms with Gasteiger partial charge in [0.05, 0.1) is 5.56 Å². The van der Waals surface area contributed by atoms with Crippen molar-refractivity contribution in [1.29, 1.82) is 0 Å². The molecule has 0 aliphatic carbocycles. The second-order valence-electron chi connectivity index (χ2n) is 6.04. The third kappa shape index (κ3) is 6.05. The number of rotatable bonds is 4. The fraction of sp³-hybridized carbons (Fsp3) is 0.467. The molecule has 0 spiro atoms. The first kappa shape index (κ1) is 19.7. The maximum Gasteiger partial charge on any atom is 0.416 e. The molecule has 1 rings (SSSR count). The summed E-state index contributed by atoms with van der Waals surface area (Å²) in [6.07, 6.45) is -6.63. The van der Waals surface area contributed by atoms with Crippen LogP contribution in [0.5, 0.6) is 0 Å². The predicted octanol–water partition coefficient (Wildman–Crippen LogP) is 3.36. The number of nitrogens with one attached hydrogen (secondary N) is 1. The van der Waals surface area contributed by atoms with Crippen LogP contribution in [-0.2, 0) is 22.1 Å². The van der Waals surface area contributed by atoms with E-state index < -0.39 is 53.2 Å². The molecule has 1 unspecified atom stereocenters. The summed E-state index contributed by atoms with van der Waals surface area (Å²) in [7, 11) is 0. The van der Waals surface area contributed by atoms with Crippen LogP contribution in [0.3, 0.4) is 0 Å². The van der Waals surface area contributed by atoms with Crippen molar-refractivity contribution in [1.82, 2.24) is 5.32 Å². The largest absolute Gasteiger partial charge is 0.480 e. The summed E-state index contributed by atoms with van der Waals surface area (Å²) in [5.41, 5.74) is -2.66. The minimum absolute atomic E-state index is 0.525. The van der Waals surface area contributed by atoms with Crippen LogP contribution in [0.25, 0.3) is 0 Å².